The van der Waals surface area contributed by atoms with Gasteiger partial charge in [0.15, 0.2) is 5.82 Å². The van der Waals surface area contributed by atoms with Crippen LogP contribution >= 0.6 is 15.9 Å². The highest BCUT2D eigenvalue weighted by atomic mass is 79.9. The van der Waals surface area contributed by atoms with Crippen molar-refractivity contribution >= 4 is 27.8 Å². The van der Waals surface area contributed by atoms with Gasteiger partial charge in [-0.25, -0.2) is 14.2 Å². The number of carbonyl (C=O) groups is 1. The molecule has 0 bridgehead atoms. The molecule has 1 aromatic heterocycles. The lowest BCUT2D eigenvalue weighted by atomic mass is 10.1. The maximum Gasteiger partial charge on any atom is 0.410 e. The summed E-state index contributed by atoms with van der Waals surface area (Å²) in [7, 11) is 0. The number of nitrogens with zero attached hydrogens (tertiary/aromatic N) is 3. The van der Waals surface area contributed by atoms with E-state index in [0.29, 0.717) is 18.9 Å². The SMILES string of the molecule is CC1CN(c2ccc(F)c(Br)n2)CC(C)N1C(=O)OC(C)(C)C. The predicted octanol–water partition coefficient (Wildman–Crippen LogP) is 3.82. The minimum absolute atomic E-state index is 0.0285. The molecule has 5 nitrogen and oxygen atoms in total. The van der Waals surface area contributed by atoms with Crippen LogP contribution in [-0.4, -0.2) is 46.8 Å². The van der Waals surface area contributed by atoms with Crippen molar-refractivity contribution in [2.45, 2.75) is 52.3 Å². The first-order chi connectivity index (χ1) is 10.6. The van der Waals surface area contributed by atoms with Crippen LogP contribution in [0.5, 0.6) is 0 Å². The molecule has 1 amide bonds. The van der Waals surface area contributed by atoms with Crippen molar-refractivity contribution in [3.05, 3.63) is 22.6 Å². The fourth-order valence-electron chi connectivity index (χ4n) is 2.77. The summed E-state index contributed by atoms with van der Waals surface area (Å²) in [6, 6.07) is 2.99. The molecule has 7 heteroatoms. The second kappa shape index (κ2) is 6.63. The van der Waals surface area contributed by atoms with E-state index in [0.717, 1.165) is 0 Å². The zero-order chi connectivity index (χ0) is 17.4. The number of pyridine rings is 1. The molecule has 1 aliphatic rings. The van der Waals surface area contributed by atoms with E-state index in [1.807, 2.05) is 34.6 Å². The summed E-state index contributed by atoms with van der Waals surface area (Å²) in [6.45, 7) is 10.8. The van der Waals surface area contributed by atoms with Gasteiger partial charge in [-0.1, -0.05) is 0 Å². The van der Waals surface area contributed by atoms with E-state index >= 15 is 0 Å². The number of hydrogen-bond acceptors (Lipinski definition) is 4. The molecule has 1 saturated heterocycles. The van der Waals surface area contributed by atoms with Crippen LogP contribution in [0.25, 0.3) is 0 Å². The molecular weight excluding hydrogens is 365 g/mol. The Hall–Kier alpha value is -1.37. The Kier molecular flexibility index (Phi) is 5.18. The third-order valence-electron chi connectivity index (χ3n) is 3.64. The topological polar surface area (TPSA) is 45.7 Å². The molecule has 1 aromatic rings. The molecule has 2 atom stereocenters. The van der Waals surface area contributed by atoms with Crippen molar-refractivity contribution in [1.82, 2.24) is 9.88 Å². The van der Waals surface area contributed by atoms with Gasteiger partial charge in [0.1, 0.15) is 16.0 Å². The Morgan fingerprint density at radius 3 is 2.35 bits per heavy atom. The Bertz CT molecular complexity index is 579. The van der Waals surface area contributed by atoms with Crippen LogP contribution in [0.15, 0.2) is 16.7 Å². The average molecular weight is 388 g/mol. The van der Waals surface area contributed by atoms with Gasteiger partial charge >= 0.3 is 6.09 Å². The monoisotopic (exact) mass is 387 g/mol. The Morgan fingerprint density at radius 1 is 1.30 bits per heavy atom. The van der Waals surface area contributed by atoms with Gasteiger partial charge in [0.2, 0.25) is 0 Å². The van der Waals surface area contributed by atoms with E-state index in [1.165, 1.54) is 6.07 Å². The molecule has 1 aliphatic heterocycles. The van der Waals surface area contributed by atoms with Gasteiger partial charge in [-0.15, -0.1) is 0 Å². The fraction of sp³-hybridized carbons (Fsp3) is 0.625. The summed E-state index contributed by atoms with van der Waals surface area (Å²) in [4.78, 5) is 20.4. The first kappa shape index (κ1) is 18.0. The largest absolute Gasteiger partial charge is 0.444 e. The molecule has 23 heavy (non-hydrogen) atoms. The van der Waals surface area contributed by atoms with Crippen molar-refractivity contribution in [3.8, 4) is 0 Å². The molecule has 128 valence electrons. The van der Waals surface area contributed by atoms with E-state index in [1.54, 1.807) is 11.0 Å². The first-order valence-electron chi connectivity index (χ1n) is 7.67. The minimum Gasteiger partial charge on any atom is -0.444 e. The number of carbonyl (C=O) groups excluding carboxylic acids is 1. The van der Waals surface area contributed by atoms with Crippen LogP contribution in [0.1, 0.15) is 34.6 Å². The van der Waals surface area contributed by atoms with Crippen molar-refractivity contribution in [3.63, 3.8) is 0 Å². The molecule has 2 unspecified atom stereocenters. The lowest BCUT2D eigenvalue weighted by molar-refractivity contribution is 0.00560. The Balaban J connectivity index is 2.12. The second-order valence-electron chi connectivity index (χ2n) is 6.93. The number of rotatable bonds is 1. The van der Waals surface area contributed by atoms with Gasteiger partial charge in [-0.3, -0.25) is 4.90 Å². The highest BCUT2D eigenvalue weighted by Gasteiger charge is 2.36. The van der Waals surface area contributed by atoms with Crippen LogP contribution < -0.4 is 4.90 Å². The van der Waals surface area contributed by atoms with Crippen molar-refractivity contribution in [2.75, 3.05) is 18.0 Å². The van der Waals surface area contributed by atoms with Gasteiger partial charge in [-0.05, 0) is 62.7 Å². The molecule has 0 radical (unpaired) electrons. The van der Waals surface area contributed by atoms with Crippen LogP contribution in [0.4, 0.5) is 15.0 Å². The molecule has 0 N–H and O–H groups in total. The smallest absolute Gasteiger partial charge is 0.410 e. The number of piperazine rings is 1. The standard InChI is InChI=1S/C16H23BrFN3O2/c1-10-8-20(13-7-6-12(18)14(17)19-13)9-11(2)21(10)15(22)23-16(3,4)5/h6-7,10-11H,8-9H2,1-5H3. The molecule has 2 rings (SSSR count). The summed E-state index contributed by atoms with van der Waals surface area (Å²) < 4.78 is 19.0. The summed E-state index contributed by atoms with van der Waals surface area (Å²) >= 11 is 3.11. The zero-order valence-electron chi connectivity index (χ0n) is 14.1. The summed E-state index contributed by atoms with van der Waals surface area (Å²) in [6.07, 6.45) is -0.301. The summed E-state index contributed by atoms with van der Waals surface area (Å²) in [5, 5.41) is 0. The average Bonchev–Trinajstić information content (AvgIpc) is 2.38. The van der Waals surface area contributed by atoms with Gasteiger partial charge in [0.05, 0.1) is 12.1 Å². The van der Waals surface area contributed by atoms with E-state index in [4.69, 9.17) is 4.74 Å². The molecule has 0 saturated carbocycles. The molecule has 1 fully saturated rings. The molecule has 2 heterocycles. The van der Waals surface area contributed by atoms with Crippen LogP contribution in [0.2, 0.25) is 0 Å². The molecule has 0 spiro atoms. The van der Waals surface area contributed by atoms with Crippen LogP contribution in [0.3, 0.4) is 0 Å². The Morgan fingerprint density at radius 2 is 1.87 bits per heavy atom. The second-order valence-corrected chi connectivity index (χ2v) is 7.68. The number of amides is 1. The number of ether oxygens (including phenoxy) is 1. The number of aromatic nitrogens is 1. The first-order valence-corrected chi connectivity index (χ1v) is 8.46. The number of anilines is 1. The number of halogens is 2. The maximum absolute atomic E-state index is 13.3. The highest BCUT2D eigenvalue weighted by Crippen LogP contribution is 2.25. The van der Waals surface area contributed by atoms with Gasteiger partial charge in [0.25, 0.3) is 0 Å². The van der Waals surface area contributed by atoms with E-state index in [-0.39, 0.29) is 28.6 Å². The molecule has 0 aromatic carbocycles. The lowest BCUT2D eigenvalue weighted by Gasteiger charge is -2.44. The molecular formula is C16H23BrFN3O2. The zero-order valence-corrected chi connectivity index (χ0v) is 15.7. The van der Waals surface area contributed by atoms with E-state index in [9.17, 15) is 9.18 Å². The van der Waals surface area contributed by atoms with E-state index in [2.05, 4.69) is 25.8 Å². The quantitative estimate of drug-likeness (QED) is 0.687. The highest BCUT2D eigenvalue weighted by molar-refractivity contribution is 9.10. The third kappa shape index (κ3) is 4.34. The number of hydrogen-bond donors (Lipinski definition) is 0. The van der Waals surface area contributed by atoms with Gasteiger partial charge in [0, 0.05) is 13.1 Å². The van der Waals surface area contributed by atoms with Gasteiger partial charge in [-0.2, -0.15) is 0 Å². The maximum atomic E-state index is 13.3. The van der Waals surface area contributed by atoms with E-state index < -0.39 is 5.60 Å². The summed E-state index contributed by atoms with van der Waals surface area (Å²) in [5.74, 6) is 0.308. The van der Waals surface area contributed by atoms with Crippen molar-refractivity contribution < 1.29 is 13.9 Å². The summed E-state index contributed by atoms with van der Waals surface area (Å²) in [5.41, 5.74) is -0.517. The third-order valence-corrected chi connectivity index (χ3v) is 4.19. The van der Waals surface area contributed by atoms with Crippen molar-refractivity contribution in [1.29, 1.82) is 0 Å². The fourth-order valence-corrected chi connectivity index (χ4v) is 3.08. The van der Waals surface area contributed by atoms with Crippen LogP contribution in [-0.2, 0) is 4.74 Å². The minimum atomic E-state index is -0.517. The predicted molar refractivity (Wildman–Crippen MR) is 91.1 cm³/mol. The van der Waals surface area contributed by atoms with Crippen molar-refractivity contribution in [2.24, 2.45) is 0 Å². The Labute approximate surface area is 144 Å². The normalized spacial score (nSPS) is 22.2. The van der Waals surface area contributed by atoms with Gasteiger partial charge < -0.3 is 9.64 Å². The lowest BCUT2D eigenvalue weighted by Crippen LogP contribution is -2.59. The molecule has 0 aliphatic carbocycles. The van der Waals surface area contributed by atoms with Crippen LogP contribution in [0, 0.1) is 5.82 Å².